The molecule has 0 radical (unpaired) electrons. The first kappa shape index (κ1) is 33.4. The van der Waals surface area contributed by atoms with Crippen LogP contribution in [0.2, 0.25) is 0 Å². The van der Waals surface area contributed by atoms with E-state index >= 15 is 0 Å². The van der Waals surface area contributed by atoms with Gasteiger partial charge in [-0.1, -0.05) is 158 Å². The lowest BCUT2D eigenvalue weighted by atomic mass is 10.0. The molecule has 0 saturated heterocycles. The molecule has 6 heteroatoms. The fraction of sp³-hybridized carbons (Fsp3) is 0. The molecule has 58 heavy (non-hydrogen) atoms. The van der Waals surface area contributed by atoms with Gasteiger partial charge in [0.1, 0.15) is 0 Å². The second kappa shape index (κ2) is 14.0. The number of hydrogen-bond acceptors (Lipinski definition) is 6. The third-order valence-electron chi connectivity index (χ3n) is 10.8. The van der Waals surface area contributed by atoms with Crippen molar-refractivity contribution in [3.8, 4) is 67.8 Å². The molecule has 11 rings (SSSR count). The lowest BCUT2D eigenvalue weighted by molar-refractivity contribution is 1.07. The first-order valence-corrected chi connectivity index (χ1v) is 19.3. The molecule has 0 aliphatic carbocycles. The van der Waals surface area contributed by atoms with E-state index in [4.69, 9.17) is 29.9 Å². The highest BCUT2D eigenvalue weighted by Gasteiger charge is 2.16. The van der Waals surface area contributed by atoms with Crippen molar-refractivity contribution in [3.05, 3.63) is 194 Å². The monoisotopic (exact) mass is 740 g/mol. The molecule has 270 valence electrons. The molecule has 0 bridgehead atoms. The summed E-state index contributed by atoms with van der Waals surface area (Å²) >= 11 is 0. The summed E-state index contributed by atoms with van der Waals surface area (Å²) in [5.74, 6) is 1.73. The van der Waals surface area contributed by atoms with Gasteiger partial charge in [-0.15, -0.1) is 0 Å². The average Bonchev–Trinajstić information content (AvgIpc) is 3.31. The van der Waals surface area contributed by atoms with E-state index in [0.29, 0.717) is 17.5 Å². The van der Waals surface area contributed by atoms with Gasteiger partial charge in [-0.05, 0) is 52.2 Å². The van der Waals surface area contributed by atoms with Crippen LogP contribution in [0, 0.1) is 0 Å². The number of para-hydroxylation sites is 1. The van der Waals surface area contributed by atoms with E-state index in [0.717, 1.165) is 83.0 Å². The maximum absolute atomic E-state index is 5.23. The lowest BCUT2D eigenvalue weighted by Crippen LogP contribution is -2.01. The molecule has 6 nitrogen and oxygen atoms in total. The Morgan fingerprint density at radius 2 is 0.828 bits per heavy atom. The number of aromatic nitrogens is 6. The first-order chi connectivity index (χ1) is 28.7. The summed E-state index contributed by atoms with van der Waals surface area (Å²) in [5.41, 5.74) is 11.3. The Morgan fingerprint density at radius 1 is 0.276 bits per heavy atom. The van der Waals surface area contributed by atoms with Crippen LogP contribution in [0.4, 0.5) is 0 Å². The minimum absolute atomic E-state index is 0.567. The number of benzene rings is 7. The van der Waals surface area contributed by atoms with E-state index in [1.165, 1.54) is 10.8 Å². The second-order valence-corrected chi connectivity index (χ2v) is 14.3. The van der Waals surface area contributed by atoms with Crippen LogP contribution in [0.5, 0.6) is 0 Å². The second-order valence-electron chi connectivity index (χ2n) is 14.3. The number of fused-ring (bicyclic) bond motifs is 5. The van der Waals surface area contributed by atoms with Crippen LogP contribution in [0.15, 0.2) is 194 Å². The predicted octanol–water partition coefficient (Wildman–Crippen LogP) is 12.7. The van der Waals surface area contributed by atoms with E-state index in [1.54, 1.807) is 6.20 Å². The molecule has 4 aromatic heterocycles. The first-order valence-electron chi connectivity index (χ1n) is 19.3. The molecule has 0 fully saturated rings. The van der Waals surface area contributed by atoms with Crippen molar-refractivity contribution in [3.63, 3.8) is 0 Å². The molecular formula is C52H32N6. The predicted molar refractivity (Wildman–Crippen MR) is 236 cm³/mol. The zero-order valence-corrected chi connectivity index (χ0v) is 31.2. The number of nitrogens with zero attached hydrogens (tertiary/aromatic N) is 6. The van der Waals surface area contributed by atoms with Gasteiger partial charge in [0.15, 0.2) is 17.5 Å². The summed E-state index contributed by atoms with van der Waals surface area (Å²) in [7, 11) is 0. The fourth-order valence-corrected chi connectivity index (χ4v) is 7.83. The minimum Gasteiger partial charge on any atom is -0.255 e. The van der Waals surface area contributed by atoms with Crippen molar-refractivity contribution in [2.24, 2.45) is 0 Å². The smallest absolute Gasteiger partial charge is 0.166 e. The maximum atomic E-state index is 5.23. The zero-order valence-electron chi connectivity index (χ0n) is 31.2. The molecule has 0 unspecified atom stereocenters. The van der Waals surface area contributed by atoms with Gasteiger partial charge in [0.2, 0.25) is 0 Å². The van der Waals surface area contributed by atoms with Gasteiger partial charge in [-0.2, -0.15) is 0 Å². The Labute approximate surface area is 334 Å². The standard InChI is InChI=1S/C52H32N6/c1-2-10-33(11-3-1)40-15-6-16-41(32-40)51-56-50(57-52(58-51)44-20-8-14-36-17-9-31-53-47(36)44)39-25-21-35(22-26-39)45-29-27-37-23-24-38-28-30-46(55-49(38)48(37)54-45)43-19-7-13-34-12-4-5-18-42(34)43/h1-32H. The molecule has 0 atom stereocenters. The Kier molecular flexibility index (Phi) is 8.04. The van der Waals surface area contributed by atoms with Crippen LogP contribution in [0.1, 0.15) is 0 Å². The number of rotatable bonds is 6. The van der Waals surface area contributed by atoms with Crippen molar-refractivity contribution in [2.75, 3.05) is 0 Å². The Hall–Kier alpha value is -7.96. The molecule has 0 saturated carbocycles. The Balaban J connectivity index is 1.00. The van der Waals surface area contributed by atoms with Crippen molar-refractivity contribution in [1.29, 1.82) is 0 Å². The largest absolute Gasteiger partial charge is 0.255 e. The van der Waals surface area contributed by atoms with Crippen molar-refractivity contribution in [2.45, 2.75) is 0 Å². The molecule has 4 heterocycles. The van der Waals surface area contributed by atoms with E-state index in [2.05, 4.69) is 152 Å². The molecule has 0 aliphatic heterocycles. The SMILES string of the molecule is c1ccc(-c2cccc(-c3nc(-c4ccc(-c5ccc6ccc7ccc(-c8cccc9ccccc89)nc7c6n5)cc4)nc(-c4cccc5cccnc45)n3)c2)cc1. The van der Waals surface area contributed by atoms with Crippen LogP contribution in [-0.4, -0.2) is 29.9 Å². The van der Waals surface area contributed by atoms with Crippen molar-refractivity contribution >= 4 is 43.5 Å². The van der Waals surface area contributed by atoms with Gasteiger partial charge in [0.05, 0.1) is 27.9 Å². The summed E-state index contributed by atoms with van der Waals surface area (Å²) < 4.78 is 0. The van der Waals surface area contributed by atoms with Crippen LogP contribution >= 0.6 is 0 Å². The molecule has 11 aromatic rings. The highest BCUT2D eigenvalue weighted by Crippen LogP contribution is 2.34. The quantitative estimate of drug-likeness (QED) is 0.158. The molecule has 0 amide bonds. The molecule has 0 aliphatic rings. The highest BCUT2D eigenvalue weighted by molar-refractivity contribution is 6.05. The topological polar surface area (TPSA) is 77.3 Å². The summed E-state index contributed by atoms with van der Waals surface area (Å²) in [5, 5.41) is 5.48. The molecule has 7 aromatic carbocycles. The van der Waals surface area contributed by atoms with Crippen LogP contribution in [0.3, 0.4) is 0 Å². The fourth-order valence-electron chi connectivity index (χ4n) is 7.83. The van der Waals surface area contributed by atoms with Crippen LogP contribution in [0.25, 0.3) is 111 Å². The maximum Gasteiger partial charge on any atom is 0.166 e. The van der Waals surface area contributed by atoms with Gasteiger partial charge in [0.25, 0.3) is 0 Å². The highest BCUT2D eigenvalue weighted by atomic mass is 15.0. The van der Waals surface area contributed by atoms with Gasteiger partial charge in [-0.3, -0.25) is 4.98 Å². The van der Waals surface area contributed by atoms with Crippen molar-refractivity contribution < 1.29 is 0 Å². The minimum atomic E-state index is 0.567. The normalized spacial score (nSPS) is 11.4. The van der Waals surface area contributed by atoms with E-state index in [-0.39, 0.29) is 0 Å². The summed E-state index contributed by atoms with van der Waals surface area (Å²) in [4.78, 5) is 30.4. The average molecular weight is 741 g/mol. The summed E-state index contributed by atoms with van der Waals surface area (Å²) in [6.07, 6.45) is 1.81. The molecular weight excluding hydrogens is 709 g/mol. The molecule has 0 spiro atoms. The van der Waals surface area contributed by atoms with Gasteiger partial charge in [-0.25, -0.2) is 24.9 Å². The third-order valence-corrected chi connectivity index (χ3v) is 10.8. The van der Waals surface area contributed by atoms with Gasteiger partial charge < -0.3 is 0 Å². The van der Waals surface area contributed by atoms with Gasteiger partial charge >= 0.3 is 0 Å². The van der Waals surface area contributed by atoms with E-state index < -0.39 is 0 Å². The van der Waals surface area contributed by atoms with Crippen molar-refractivity contribution in [1.82, 2.24) is 29.9 Å². The third kappa shape index (κ3) is 6.01. The Bertz CT molecular complexity index is 3330. The summed E-state index contributed by atoms with van der Waals surface area (Å²) in [6.45, 7) is 0. The lowest BCUT2D eigenvalue weighted by Gasteiger charge is -2.11. The van der Waals surface area contributed by atoms with E-state index in [1.807, 2.05) is 36.4 Å². The van der Waals surface area contributed by atoms with Crippen LogP contribution < -0.4 is 0 Å². The van der Waals surface area contributed by atoms with E-state index in [9.17, 15) is 0 Å². The van der Waals surface area contributed by atoms with Crippen LogP contribution in [-0.2, 0) is 0 Å². The molecule has 0 N–H and O–H groups in total. The van der Waals surface area contributed by atoms with Gasteiger partial charge in [0, 0.05) is 50.2 Å². The number of hydrogen-bond donors (Lipinski definition) is 0. The zero-order chi connectivity index (χ0) is 38.4. The Morgan fingerprint density at radius 3 is 1.66 bits per heavy atom. The summed E-state index contributed by atoms with van der Waals surface area (Å²) in [6, 6.07) is 64.6. The number of pyridine rings is 3.